The molecule has 0 aliphatic heterocycles. The van der Waals surface area contributed by atoms with Crippen LogP contribution in [0.15, 0.2) is 41.7 Å². The highest BCUT2D eigenvalue weighted by Crippen LogP contribution is 2.20. The summed E-state index contributed by atoms with van der Waals surface area (Å²) in [6, 6.07) is 6.88. The highest BCUT2D eigenvalue weighted by molar-refractivity contribution is 7.99. The summed E-state index contributed by atoms with van der Waals surface area (Å²) >= 11 is 1.88. The molecule has 2 rings (SSSR count). The Balaban J connectivity index is 1.75. The van der Waals surface area contributed by atoms with Gasteiger partial charge in [0.15, 0.2) is 0 Å². The van der Waals surface area contributed by atoms with E-state index >= 15 is 0 Å². The smallest absolute Gasteiger partial charge is 0.0753 e. The number of thioether (sulfide) groups is 1. The molecule has 0 spiro atoms. The minimum atomic E-state index is 0.240. The largest absolute Gasteiger partial charge is 0.308 e. The molecule has 1 aromatic carbocycles. The van der Waals surface area contributed by atoms with Gasteiger partial charge in [-0.05, 0) is 44.0 Å². The Hall–Kier alpha value is -1.39. The third-order valence-corrected chi connectivity index (χ3v) is 4.32. The van der Waals surface area contributed by atoms with E-state index in [0.717, 1.165) is 18.0 Å². The summed E-state index contributed by atoms with van der Waals surface area (Å²) in [5.41, 5.74) is 3.70. The van der Waals surface area contributed by atoms with Gasteiger partial charge < -0.3 is 5.32 Å². The maximum absolute atomic E-state index is 4.31. The maximum atomic E-state index is 4.31. The van der Waals surface area contributed by atoms with Crippen molar-refractivity contribution in [3.05, 3.63) is 53.6 Å². The number of nitrogens with one attached hydrogen (secondary N) is 1. The normalized spacial score (nSPS) is 12.3. The number of hydrogen-bond donors (Lipinski definition) is 1. The first-order valence-corrected chi connectivity index (χ1v) is 7.84. The van der Waals surface area contributed by atoms with Crippen LogP contribution in [0.1, 0.15) is 29.8 Å². The minimum Gasteiger partial charge on any atom is -0.308 e. The fourth-order valence-corrected chi connectivity index (χ4v) is 2.77. The molecule has 0 fully saturated rings. The number of benzene rings is 1. The Kier molecular flexibility index (Phi) is 5.56. The highest BCUT2D eigenvalue weighted by atomic mass is 32.2. The monoisotopic (exact) mass is 287 g/mol. The molecule has 1 atom stereocenters. The number of rotatable bonds is 6. The number of aromatic nitrogens is 2. The lowest BCUT2D eigenvalue weighted by Gasteiger charge is -2.12. The van der Waals surface area contributed by atoms with Crippen LogP contribution in [0.4, 0.5) is 0 Å². The molecule has 0 saturated heterocycles. The third-order valence-electron chi connectivity index (χ3n) is 3.33. The Bertz CT molecular complexity index is 543. The molecule has 1 unspecified atom stereocenters. The van der Waals surface area contributed by atoms with Gasteiger partial charge in [0.05, 0.1) is 5.69 Å². The molecule has 106 valence electrons. The van der Waals surface area contributed by atoms with E-state index in [2.05, 4.69) is 54.3 Å². The molecule has 0 aliphatic carbocycles. The summed E-state index contributed by atoms with van der Waals surface area (Å²) in [5, 5.41) is 3.47. The summed E-state index contributed by atoms with van der Waals surface area (Å²) in [6.45, 7) is 7.38. The molecule has 0 amide bonds. The van der Waals surface area contributed by atoms with Crippen LogP contribution in [0.2, 0.25) is 0 Å². The van der Waals surface area contributed by atoms with Crippen LogP contribution in [-0.2, 0) is 0 Å². The van der Waals surface area contributed by atoms with E-state index in [4.69, 9.17) is 0 Å². The van der Waals surface area contributed by atoms with E-state index in [1.54, 1.807) is 12.4 Å². The van der Waals surface area contributed by atoms with E-state index in [0.29, 0.717) is 0 Å². The van der Waals surface area contributed by atoms with Crippen molar-refractivity contribution in [2.75, 3.05) is 12.3 Å². The van der Waals surface area contributed by atoms with Crippen LogP contribution in [0.25, 0.3) is 0 Å². The van der Waals surface area contributed by atoms with Gasteiger partial charge in [-0.15, -0.1) is 11.8 Å². The highest BCUT2D eigenvalue weighted by Gasteiger charge is 2.05. The average Bonchev–Trinajstić information content (AvgIpc) is 2.48. The average molecular weight is 287 g/mol. The van der Waals surface area contributed by atoms with Crippen molar-refractivity contribution in [2.45, 2.75) is 31.7 Å². The zero-order chi connectivity index (χ0) is 14.4. The van der Waals surface area contributed by atoms with Crippen LogP contribution in [0.5, 0.6) is 0 Å². The van der Waals surface area contributed by atoms with Gasteiger partial charge in [-0.1, -0.05) is 6.07 Å². The number of hydrogen-bond acceptors (Lipinski definition) is 4. The second kappa shape index (κ2) is 7.41. The van der Waals surface area contributed by atoms with Crippen molar-refractivity contribution in [1.82, 2.24) is 15.3 Å². The first-order chi connectivity index (χ1) is 9.66. The maximum Gasteiger partial charge on any atom is 0.0753 e. The SMILES string of the molecule is Cc1ccc(SCCNC(C)c2cnccn2)cc1C. The summed E-state index contributed by atoms with van der Waals surface area (Å²) < 4.78 is 0. The lowest BCUT2D eigenvalue weighted by Crippen LogP contribution is -2.22. The van der Waals surface area contributed by atoms with Crippen molar-refractivity contribution >= 4 is 11.8 Å². The fourth-order valence-electron chi connectivity index (χ4n) is 1.89. The number of aryl methyl sites for hydroxylation is 2. The van der Waals surface area contributed by atoms with Crippen molar-refractivity contribution in [1.29, 1.82) is 0 Å². The summed E-state index contributed by atoms with van der Waals surface area (Å²) in [5.74, 6) is 1.05. The zero-order valence-electron chi connectivity index (χ0n) is 12.3. The fraction of sp³-hybridized carbons (Fsp3) is 0.375. The lowest BCUT2D eigenvalue weighted by molar-refractivity contribution is 0.584. The van der Waals surface area contributed by atoms with Crippen molar-refractivity contribution in [3.8, 4) is 0 Å². The first kappa shape index (κ1) is 15.0. The minimum absolute atomic E-state index is 0.240. The van der Waals surface area contributed by atoms with Crippen molar-refractivity contribution < 1.29 is 0 Å². The Morgan fingerprint density at radius 3 is 2.75 bits per heavy atom. The molecule has 0 radical (unpaired) electrons. The number of nitrogens with zero attached hydrogens (tertiary/aromatic N) is 2. The third kappa shape index (κ3) is 4.32. The topological polar surface area (TPSA) is 37.8 Å². The molecule has 0 aliphatic rings. The molecular weight excluding hydrogens is 266 g/mol. The van der Waals surface area contributed by atoms with E-state index in [-0.39, 0.29) is 6.04 Å². The predicted octanol–water partition coefficient (Wildman–Crippen LogP) is 3.54. The molecule has 20 heavy (non-hydrogen) atoms. The van der Waals surface area contributed by atoms with Crippen LogP contribution in [0, 0.1) is 13.8 Å². The predicted molar refractivity (Wildman–Crippen MR) is 85.1 cm³/mol. The van der Waals surface area contributed by atoms with E-state index < -0.39 is 0 Å². The Labute approximate surface area is 125 Å². The quantitative estimate of drug-likeness (QED) is 0.651. The summed E-state index contributed by atoms with van der Waals surface area (Å²) in [6.07, 6.45) is 5.25. The molecule has 1 N–H and O–H groups in total. The van der Waals surface area contributed by atoms with Crippen LogP contribution >= 0.6 is 11.8 Å². The van der Waals surface area contributed by atoms with Gasteiger partial charge in [-0.3, -0.25) is 9.97 Å². The molecule has 1 heterocycles. The molecule has 0 saturated carbocycles. The second-order valence-electron chi connectivity index (χ2n) is 4.90. The lowest BCUT2D eigenvalue weighted by atomic mass is 10.1. The second-order valence-corrected chi connectivity index (χ2v) is 6.07. The zero-order valence-corrected chi connectivity index (χ0v) is 13.1. The van der Waals surface area contributed by atoms with Crippen molar-refractivity contribution in [3.63, 3.8) is 0 Å². The van der Waals surface area contributed by atoms with Crippen LogP contribution in [0.3, 0.4) is 0 Å². The summed E-state index contributed by atoms with van der Waals surface area (Å²) in [7, 11) is 0. The van der Waals surface area contributed by atoms with Crippen LogP contribution in [-0.4, -0.2) is 22.3 Å². The van der Waals surface area contributed by atoms with E-state index in [1.807, 2.05) is 18.0 Å². The van der Waals surface area contributed by atoms with E-state index in [9.17, 15) is 0 Å². The van der Waals surface area contributed by atoms with Gasteiger partial charge >= 0.3 is 0 Å². The van der Waals surface area contributed by atoms with Gasteiger partial charge in [0.1, 0.15) is 0 Å². The van der Waals surface area contributed by atoms with Gasteiger partial charge in [0, 0.05) is 41.8 Å². The first-order valence-electron chi connectivity index (χ1n) is 6.86. The molecule has 1 aromatic heterocycles. The summed E-state index contributed by atoms with van der Waals surface area (Å²) in [4.78, 5) is 9.73. The molecular formula is C16H21N3S. The molecule has 0 bridgehead atoms. The molecule has 4 heteroatoms. The standard InChI is InChI=1S/C16H21N3S/c1-12-4-5-15(10-13(12)2)20-9-8-18-14(3)16-11-17-6-7-19-16/h4-7,10-11,14,18H,8-9H2,1-3H3. The van der Waals surface area contributed by atoms with Gasteiger partial charge in [-0.25, -0.2) is 0 Å². The van der Waals surface area contributed by atoms with Gasteiger partial charge in [0.25, 0.3) is 0 Å². The Morgan fingerprint density at radius 2 is 2.05 bits per heavy atom. The molecule has 2 aromatic rings. The van der Waals surface area contributed by atoms with Gasteiger partial charge in [-0.2, -0.15) is 0 Å². The Morgan fingerprint density at radius 1 is 1.20 bits per heavy atom. The van der Waals surface area contributed by atoms with Crippen molar-refractivity contribution in [2.24, 2.45) is 0 Å². The van der Waals surface area contributed by atoms with Crippen LogP contribution < -0.4 is 5.32 Å². The molecule has 3 nitrogen and oxygen atoms in total. The van der Waals surface area contributed by atoms with E-state index in [1.165, 1.54) is 16.0 Å². The van der Waals surface area contributed by atoms with Gasteiger partial charge in [0.2, 0.25) is 0 Å².